The molecule has 0 unspecified atom stereocenters. The highest BCUT2D eigenvalue weighted by Gasteiger charge is 2.41. The summed E-state index contributed by atoms with van der Waals surface area (Å²) in [5, 5.41) is 0. The zero-order valence-corrected chi connectivity index (χ0v) is 10.0. The maximum absolute atomic E-state index is 12.8. The average molecular weight is 300 g/mol. The van der Waals surface area contributed by atoms with Crippen molar-refractivity contribution in [3.8, 4) is 0 Å². The summed E-state index contributed by atoms with van der Waals surface area (Å²) in [5.74, 6) is -6.89. The monoisotopic (exact) mass is 300 g/mol. The largest absolute Gasteiger partial charge is 0.367 e. The molecule has 0 spiro atoms. The molecule has 0 atom stereocenters. The van der Waals surface area contributed by atoms with Gasteiger partial charge in [-0.25, -0.2) is 17.6 Å². The third-order valence-electron chi connectivity index (χ3n) is 2.20. The van der Waals surface area contributed by atoms with Crippen molar-refractivity contribution in [3.63, 3.8) is 0 Å². The second-order valence-corrected chi connectivity index (χ2v) is 4.05. The van der Waals surface area contributed by atoms with Crippen LogP contribution in [0.25, 0.3) is 0 Å². The highest BCUT2D eigenvalue weighted by atomic mass is 19.3. The summed E-state index contributed by atoms with van der Waals surface area (Å²) < 4.78 is 78.2. The molecule has 2 nitrogen and oxygen atoms in total. The van der Waals surface area contributed by atoms with Crippen molar-refractivity contribution in [1.82, 2.24) is 0 Å². The van der Waals surface area contributed by atoms with E-state index in [-0.39, 0.29) is 5.56 Å². The summed E-state index contributed by atoms with van der Waals surface area (Å²) >= 11 is 0. The smallest absolute Gasteiger partial charge is 0.330 e. The Morgan fingerprint density at radius 2 is 1.70 bits per heavy atom. The van der Waals surface area contributed by atoms with Crippen LogP contribution in [-0.2, 0) is 16.0 Å². The predicted octanol–water partition coefficient (Wildman–Crippen LogP) is 2.99. The standard InChI is InChI=1S/C12H10F6O2/c13-8-1-7(2-9(14)4-8)3-10(19)5-20-6-12(17,18)11(15)16/h1-2,4,11H,3,5-6H2. The molecule has 8 heteroatoms. The molecule has 20 heavy (non-hydrogen) atoms. The van der Waals surface area contributed by atoms with E-state index in [0.717, 1.165) is 12.1 Å². The Morgan fingerprint density at radius 1 is 1.15 bits per heavy atom. The molecule has 0 bridgehead atoms. The Balaban J connectivity index is 2.45. The Hall–Kier alpha value is -1.57. The molecule has 0 radical (unpaired) electrons. The molecule has 1 rings (SSSR count). The Bertz CT molecular complexity index is 455. The van der Waals surface area contributed by atoms with Crippen LogP contribution >= 0.6 is 0 Å². The topological polar surface area (TPSA) is 26.3 Å². The van der Waals surface area contributed by atoms with Crippen LogP contribution in [0.5, 0.6) is 0 Å². The lowest BCUT2D eigenvalue weighted by molar-refractivity contribution is -0.168. The summed E-state index contributed by atoms with van der Waals surface area (Å²) in [6.07, 6.45) is -4.34. The summed E-state index contributed by atoms with van der Waals surface area (Å²) in [4.78, 5) is 11.3. The van der Waals surface area contributed by atoms with Crippen LogP contribution in [0.15, 0.2) is 18.2 Å². The van der Waals surface area contributed by atoms with Gasteiger partial charge < -0.3 is 4.74 Å². The first-order valence-electron chi connectivity index (χ1n) is 5.41. The number of carbonyl (C=O) groups excluding carboxylic acids is 1. The number of alkyl halides is 4. The number of halogens is 6. The third kappa shape index (κ3) is 5.20. The molecule has 1 aromatic rings. The van der Waals surface area contributed by atoms with Crippen molar-refractivity contribution in [2.45, 2.75) is 18.8 Å². The minimum absolute atomic E-state index is 0.00304. The molecule has 0 amide bonds. The van der Waals surface area contributed by atoms with Gasteiger partial charge in [0.05, 0.1) is 0 Å². The lowest BCUT2D eigenvalue weighted by Gasteiger charge is -2.14. The minimum atomic E-state index is -4.34. The maximum Gasteiger partial charge on any atom is 0.330 e. The molecule has 112 valence electrons. The van der Waals surface area contributed by atoms with E-state index in [2.05, 4.69) is 4.74 Å². The van der Waals surface area contributed by atoms with Crippen molar-refractivity contribution in [3.05, 3.63) is 35.4 Å². The molecule has 0 aliphatic heterocycles. The summed E-state index contributed by atoms with van der Waals surface area (Å²) in [6.45, 7) is -2.45. The third-order valence-corrected chi connectivity index (χ3v) is 2.20. The fourth-order valence-electron chi connectivity index (χ4n) is 1.36. The lowest BCUT2D eigenvalue weighted by Crippen LogP contribution is -2.33. The molecule has 0 aliphatic rings. The number of rotatable bonds is 7. The van der Waals surface area contributed by atoms with Gasteiger partial charge in [0, 0.05) is 12.5 Å². The SMILES string of the molecule is O=C(COCC(F)(F)C(F)F)Cc1cc(F)cc(F)c1. The average Bonchev–Trinajstić information content (AvgIpc) is 2.26. The highest BCUT2D eigenvalue weighted by Crippen LogP contribution is 2.22. The Kier molecular flexibility index (Phi) is 5.55. The van der Waals surface area contributed by atoms with Gasteiger partial charge in [-0.1, -0.05) is 0 Å². The van der Waals surface area contributed by atoms with Crippen LogP contribution in [0, 0.1) is 11.6 Å². The van der Waals surface area contributed by atoms with E-state index in [0.29, 0.717) is 6.07 Å². The molecule has 0 saturated carbocycles. The van der Waals surface area contributed by atoms with Gasteiger partial charge in [-0.05, 0) is 17.7 Å². The Labute approximate surface area is 110 Å². The van der Waals surface area contributed by atoms with Crippen LogP contribution in [0.1, 0.15) is 5.56 Å². The number of ketones is 1. The molecule has 0 fully saturated rings. The van der Waals surface area contributed by atoms with Crippen LogP contribution in [0.2, 0.25) is 0 Å². The van der Waals surface area contributed by atoms with E-state index in [9.17, 15) is 31.1 Å². The van der Waals surface area contributed by atoms with E-state index >= 15 is 0 Å². The minimum Gasteiger partial charge on any atom is -0.367 e. The molecular formula is C12H10F6O2. The van der Waals surface area contributed by atoms with Gasteiger partial charge in [0.2, 0.25) is 0 Å². The summed E-state index contributed by atoms with van der Waals surface area (Å²) in [7, 11) is 0. The van der Waals surface area contributed by atoms with Crippen molar-refractivity contribution in [1.29, 1.82) is 0 Å². The normalized spacial score (nSPS) is 11.9. The van der Waals surface area contributed by atoms with E-state index in [1.165, 1.54) is 0 Å². The van der Waals surface area contributed by atoms with Gasteiger partial charge in [0.25, 0.3) is 0 Å². The summed E-state index contributed by atoms with van der Waals surface area (Å²) in [6, 6.07) is 2.40. The van der Waals surface area contributed by atoms with E-state index in [1.54, 1.807) is 0 Å². The Morgan fingerprint density at radius 3 is 2.20 bits per heavy atom. The molecule has 0 N–H and O–H groups in total. The molecule has 1 aromatic carbocycles. The second-order valence-electron chi connectivity index (χ2n) is 4.05. The van der Waals surface area contributed by atoms with Crippen molar-refractivity contribution in [2.24, 2.45) is 0 Å². The molecule has 0 aromatic heterocycles. The van der Waals surface area contributed by atoms with Gasteiger partial charge >= 0.3 is 12.3 Å². The molecule has 0 heterocycles. The van der Waals surface area contributed by atoms with Gasteiger partial charge in [-0.2, -0.15) is 8.78 Å². The van der Waals surface area contributed by atoms with Crippen molar-refractivity contribution >= 4 is 5.78 Å². The van der Waals surface area contributed by atoms with Crippen LogP contribution in [0.4, 0.5) is 26.3 Å². The summed E-state index contributed by atoms with van der Waals surface area (Å²) in [5.41, 5.74) is -0.00304. The zero-order valence-electron chi connectivity index (χ0n) is 10.0. The van der Waals surface area contributed by atoms with E-state index < -0.39 is 49.4 Å². The molecule has 0 saturated heterocycles. The van der Waals surface area contributed by atoms with Crippen LogP contribution in [-0.4, -0.2) is 31.3 Å². The number of carbonyl (C=O) groups is 1. The van der Waals surface area contributed by atoms with Crippen molar-refractivity contribution < 1.29 is 35.9 Å². The molecule has 0 aliphatic carbocycles. The number of hydrogen-bond acceptors (Lipinski definition) is 2. The van der Waals surface area contributed by atoms with E-state index in [4.69, 9.17) is 0 Å². The van der Waals surface area contributed by atoms with Gasteiger partial charge in [0.15, 0.2) is 5.78 Å². The number of ether oxygens (including phenoxy) is 1. The first-order valence-corrected chi connectivity index (χ1v) is 5.41. The number of hydrogen-bond donors (Lipinski definition) is 0. The van der Waals surface area contributed by atoms with Crippen LogP contribution < -0.4 is 0 Å². The lowest BCUT2D eigenvalue weighted by atomic mass is 10.1. The van der Waals surface area contributed by atoms with Crippen molar-refractivity contribution in [2.75, 3.05) is 13.2 Å². The second kappa shape index (κ2) is 6.74. The first kappa shape index (κ1) is 16.5. The maximum atomic E-state index is 12.8. The zero-order chi connectivity index (χ0) is 15.3. The predicted molar refractivity (Wildman–Crippen MR) is 56.8 cm³/mol. The van der Waals surface area contributed by atoms with E-state index in [1.807, 2.05) is 0 Å². The number of Topliss-reactive ketones (excluding diaryl/α,β-unsaturated/α-hetero) is 1. The van der Waals surface area contributed by atoms with Crippen LogP contribution in [0.3, 0.4) is 0 Å². The number of benzene rings is 1. The fourth-order valence-corrected chi connectivity index (χ4v) is 1.36. The van der Waals surface area contributed by atoms with Gasteiger partial charge in [-0.15, -0.1) is 0 Å². The van der Waals surface area contributed by atoms with Gasteiger partial charge in [-0.3, -0.25) is 4.79 Å². The fraction of sp³-hybridized carbons (Fsp3) is 0.417. The molecular weight excluding hydrogens is 290 g/mol. The first-order chi connectivity index (χ1) is 9.20. The highest BCUT2D eigenvalue weighted by molar-refractivity contribution is 5.82. The van der Waals surface area contributed by atoms with Gasteiger partial charge in [0.1, 0.15) is 24.8 Å². The quantitative estimate of drug-likeness (QED) is 0.724.